The fourth-order valence-corrected chi connectivity index (χ4v) is 3.23. The van der Waals surface area contributed by atoms with Crippen LogP contribution in [0.2, 0.25) is 0 Å². The Morgan fingerprint density at radius 2 is 1.64 bits per heavy atom. The Kier molecular flexibility index (Phi) is 8.28. The van der Waals surface area contributed by atoms with Crippen molar-refractivity contribution in [2.45, 2.75) is 6.42 Å². The van der Waals surface area contributed by atoms with Crippen molar-refractivity contribution in [1.29, 1.82) is 0 Å². The van der Waals surface area contributed by atoms with Gasteiger partial charge in [-0.1, -0.05) is 52.6 Å². The first-order chi connectivity index (χ1) is 10.9. The molecule has 1 nitrogen and oxygen atoms in total. The number of aryl methyl sites for hydroxylation is 1. The summed E-state index contributed by atoms with van der Waals surface area (Å²) >= 11 is 0. The van der Waals surface area contributed by atoms with E-state index in [1.165, 1.54) is 32.6 Å². The average Bonchev–Trinajstić information content (AvgIpc) is 3.28. The Bertz CT molecular complexity index is 1010. The molecular weight excluding hydrogens is 428 g/mol. The van der Waals surface area contributed by atoms with Crippen molar-refractivity contribution >= 4 is 32.6 Å². The third kappa shape index (κ3) is 3.97. The van der Waals surface area contributed by atoms with Gasteiger partial charge in [-0.15, -0.1) is 23.9 Å². The molecule has 25 heavy (non-hydrogen) atoms. The van der Waals surface area contributed by atoms with E-state index in [1.807, 2.05) is 12.2 Å². The van der Waals surface area contributed by atoms with Crippen LogP contribution in [-0.4, -0.2) is 4.57 Å². The van der Waals surface area contributed by atoms with Gasteiger partial charge in [-0.05, 0) is 11.6 Å². The fraction of sp³-hybridized carbons (Fsp3) is 0.0952. The van der Waals surface area contributed by atoms with E-state index < -0.39 is 0 Å². The minimum Gasteiger partial charge on any atom is -1.00 e. The van der Waals surface area contributed by atoms with Gasteiger partial charge >= 0.3 is 26.2 Å². The molecule has 1 aromatic heterocycles. The molecule has 4 heteroatoms. The van der Waals surface area contributed by atoms with E-state index in [0.29, 0.717) is 0 Å². The van der Waals surface area contributed by atoms with Gasteiger partial charge in [-0.2, -0.15) is 6.08 Å². The van der Waals surface area contributed by atoms with Gasteiger partial charge in [0.1, 0.15) is 0 Å². The van der Waals surface area contributed by atoms with Crippen molar-refractivity contribution in [1.82, 2.24) is 4.57 Å². The van der Waals surface area contributed by atoms with E-state index >= 15 is 0 Å². The second-order valence-corrected chi connectivity index (χ2v) is 5.57. The zero-order valence-electron chi connectivity index (χ0n) is 13.8. The van der Waals surface area contributed by atoms with E-state index in [1.54, 1.807) is 0 Å². The van der Waals surface area contributed by atoms with Crippen LogP contribution in [-0.2, 0) is 33.3 Å². The zero-order chi connectivity index (χ0) is 14.9. The predicted octanol–water partition coefficient (Wildman–Crippen LogP) is -0.485. The van der Waals surface area contributed by atoms with E-state index in [0.717, 1.165) is 6.42 Å². The SMILES string of the molecule is Cn1c2ccccc2c2[cH-]c3ccccc3c21.[C-]1=CC=CC1.[Cl-].[Cl-].[Zr+4]. The predicted molar refractivity (Wildman–Crippen MR) is 95.1 cm³/mol. The first-order valence-corrected chi connectivity index (χ1v) is 7.59. The zero-order valence-corrected chi connectivity index (χ0v) is 17.8. The normalized spacial score (nSPS) is 11.6. The van der Waals surface area contributed by atoms with Crippen LogP contribution >= 0.6 is 0 Å². The van der Waals surface area contributed by atoms with Crippen LogP contribution in [0.4, 0.5) is 0 Å². The molecule has 0 atom stereocenters. The molecule has 0 bridgehead atoms. The number of benzene rings is 2. The van der Waals surface area contributed by atoms with E-state index in [-0.39, 0.29) is 51.0 Å². The van der Waals surface area contributed by atoms with Crippen LogP contribution in [0.3, 0.4) is 0 Å². The maximum atomic E-state index is 2.99. The van der Waals surface area contributed by atoms with Crippen LogP contribution in [0.25, 0.3) is 32.6 Å². The van der Waals surface area contributed by atoms with E-state index in [9.17, 15) is 0 Å². The monoisotopic (exact) mass is 443 g/mol. The molecule has 0 amide bonds. The van der Waals surface area contributed by atoms with E-state index in [2.05, 4.69) is 78.4 Å². The first kappa shape index (κ1) is 21.8. The maximum Gasteiger partial charge on any atom is 4.00 e. The Hall–Kier alpha value is -1.21. The average molecular weight is 446 g/mol. The third-order valence-electron chi connectivity index (χ3n) is 4.25. The quantitative estimate of drug-likeness (QED) is 0.322. The summed E-state index contributed by atoms with van der Waals surface area (Å²) in [5, 5.41) is 5.39. The maximum absolute atomic E-state index is 2.99. The molecule has 0 aliphatic heterocycles. The number of hydrogen-bond acceptors (Lipinski definition) is 0. The van der Waals surface area contributed by atoms with Crippen molar-refractivity contribution in [3.63, 3.8) is 0 Å². The second-order valence-electron chi connectivity index (χ2n) is 5.57. The number of nitrogens with zero attached hydrogens (tertiary/aromatic N) is 1. The van der Waals surface area contributed by atoms with Gasteiger partial charge in [0.2, 0.25) is 0 Å². The topological polar surface area (TPSA) is 4.93 Å². The fourth-order valence-electron chi connectivity index (χ4n) is 3.23. The summed E-state index contributed by atoms with van der Waals surface area (Å²) in [7, 11) is 2.15. The molecule has 124 valence electrons. The molecule has 1 aliphatic rings. The van der Waals surface area contributed by atoms with Gasteiger partial charge in [0, 0.05) is 12.6 Å². The summed E-state index contributed by atoms with van der Waals surface area (Å²) in [6.07, 6.45) is 10.0. The van der Waals surface area contributed by atoms with Gasteiger partial charge < -0.3 is 29.4 Å². The van der Waals surface area contributed by atoms with Gasteiger partial charge in [-0.3, -0.25) is 6.08 Å². The minimum atomic E-state index is 0. The molecule has 5 rings (SSSR count). The standard InChI is InChI=1S/C16H12N.C5H5.2ClH.Zr/c1-17-15-9-5-4-8-13(15)14-10-11-6-2-3-7-12(11)16(14)17;1-2-4-5-3-1;;;/h2-10H,1H3;1-3H,4H2;2*1H;/q2*-1;;;+4/p-2. The molecule has 0 radical (unpaired) electrons. The minimum absolute atomic E-state index is 0. The van der Waals surface area contributed by atoms with Crippen LogP contribution in [0.15, 0.2) is 72.8 Å². The Morgan fingerprint density at radius 3 is 2.28 bits per heavy atom. The summed E-state index contributed by atoms with van der Waals surface area (Å²) < 4.78 is 2.30. The molecular formula is C21H17Cl2NZr. The summed E-state index contributed by atoms with van der Waals surface area (Å²) in [6.45, 7) is 0. The van der Waals surface area contributed by atoms with Crippen molar-refractivity contribution in [2.75, 3.05) is 0 Å². The van der Waals surface area contributed by atoms with Crippen LogP contribution < -0.4 is 24.8 Å². The second kappa shape index (κ2) is 9.48. The molecule has 0 spiro atoms. The number of para-hydroxylation sites is 1. The molecule has 0 unspecified atom stereocenters. The van der Waals surface area contributed by atoms with Gasteiger partial charge in [-0.25, -0.2) is 12.2 Å². The first-order valence-electron chi connectivity index (χ1n) is 7.59. The number of fused-ring (bicyclic) bond motifs is 5. The number of hydrogen-bond donors (Lipinski definition) is 0. The molecule has 1 heterocycles. The Labute approximate surface area is 179 Å². The van der Waals surface area contributed by atoms with Crippen LogP contribution in [0, 0.1) is 6.08 Å². The number of halogens is 2. The van der Waals surface area contributed by atoms with Gasteiger partial charge in [0.05, 0.1) is 0 Å². The van der Waals surface area contributed by atoms with Crippen molar-refractivity contribution < 1.29 is 51.0 Å². The smallest absolute Gasteiger partial charge is 1.00 e. The molecule has 0 fully saturated rings. The number of allylic oxidation sites excluding steroid dienone is 4. The molecule has 0 N–H and O–H groups in total. The summed E-state index contributed by atoms with van der Waals surface area (Å²) in [5.74, 6) is 0. The van der Waals surface area contributed by atoms with Gasteiger partial charge in [0.25, 0.3) is 0 Å². The number of rotatable bonds is 0. The molecule has 1 aliphatic carbocycles. The van der Waals surface area contributed by atoms with Gasteiger partial charge in [0.15, 0.2) is 0 Å². The largest absolute Gasteiger partial charge is 4.00 e. The third-order valence-corrected chi connectivity index (χ3v) is 4.25. The summed E-state index contributed by atoms with van der Waals surface area (Å²) in [5.41, 5.74) is 2.66. The van der Waals surface area contributed by atoms with Crippen molar-refractivity contribution in [2.24, 2.45) is 7.05 Å². The molecule has 0 saturated carbocycles. The van der Waals surface area contributed by atoms with Crippen LogP contribution in [0.5, 0.6) is 0 Å². The molecule has 3 aromatic carbocycles. The van der Waals surface area contributed by atoms with Crippen molar-refractivity contribution in [3.8, 4) is 0 Å². The Balaban J connectivity index is 0.000000344. The summed E-state index contributed by atoms with van der Waals surface area (Å²) in [6, 6.07) is 19.5. The number of aromatic nitrogens is 1. The molecule has 0 saturated heterocycles. The Morgan fingerprint density at radius 1 is 0.960 bits per heavy atom. The van der Waals surface area contributed by atoms with Crippen molar-refractivity contribution in [3.05, 3.63) is 78.9 Å². The summed E-state index contributed by atoms with van der Waals surface area (Å²) in [4.78, 5) is 0. The van der Waals surface area contributed by atoms with Crippen LogP contribution in [0.1, 0.15) is 6.42 Å². The molecule has 4 aromatic rings. The van der Waals surface area contributed by atoms with E-state index in [4.69, 9.17) is 0 Å².